The summed E-state index contributed by atoms with van der Waals surface area (Å²) < 4.78 is 2.01. The normalized spacial score (nSPS) is 27.2. The van der Waals surface area contributed by atoms with Gasteiger partial charge in [0.05, 0.1) is 11.9 Å². The number of hydrogen-bond acceptors (Lipinski definition) is 3. The summed E-state index contributed by atoms with van der Waals surface area (Å²) in [5.41, 5.74) is 5.60. The standard InChI is InChI=1S/C14H24N4O/c1-12-4-2-5-14(15,10-12)13(19)17-6-3-8-18-9-7-16-11-18/h7,9,11-12H,2-6,8,10,15H2,1H3,(H,17,19). The number of nitrogens with one attached hydrogen (secondary N) is 1. The van der Waals surface area contributed by atoms with E-state index in [2.05, 4.69) is 17.2 Å². The van der Waals surface area contributed by atoms with Crippen LogP contribution < -0.4 is 11.1 Å². The molecule has 2 rings (SSSR count). The summed E-state index contributed by atoms with van der Waals surface area (Å²) >= 11 is 0. The average molecular weight is 264 g/mol. The number of carbonyl (C=O) groups excluding carboxylic acids is 1. The molecule has 1 saturated carbocycles. The zero-order chi connectivity index (χ0) is 13.7. The summed E-state index contributed by atoms with van der Waals surface area (Å²) in [7, 11) is 0. The molecular formula is C14H24N4O. The molecule has 1 amide bonds. The van der Waals surface area contributed by atoms with Crippen LogP contribution in [0.5, 0.6) is 0 Å². The van der Waals surface area contributed by atoms with Crippen molar-refractivity contribution in [3.05, 3.63) is 18.7 Å². The van der Waals surface area contributed by atoms with Crippen molar-refractivity contribution in [2.24, 2.45) is 11.7 Å². The van der Waals surface area contributed by atoms with Gasteiger partial charge in [-0.05, 0) is 25.2 Å². The minimum atomic E-state index is -0.646. The number of nitrogens with zero attached hydrogens (tertiary/aromatic N) is 2. The molecule has 1 aromatic heterocycles. The molecule has 0 bridgehead atoms. The number of aromatic nitrogens is 2. The Kier molecular flexibility index (Phi) is 4.58. The summed E-state index contributed by atoms with van der Waals surface area (Å²) in [6.45, 7) is 3.71. The van der Waals surface area contributed by atoms with E-state index >= 15 is 0 Å². The fourth-order valence-corrected chi connectivity index (χ4v) is 2.86. The van der Waals surface area contributed by atoms with E-state index in [4.69, 9.17) is 5.73 Å². The number of amides is 1. The van der Waals surface area contributed by atoms with E-state index in [0.29, 0.717) is 12.5 Å². The second-order valence-corrected chi connectivity index (χ2v) is 5.77. The topological polar surface area (TPSA) is 72.9 Å². The van der Waals surface area contributed by atoms with Crippen molar-refractivity contribution in [2.45, 2.75) is 51.1 Å². The van der Waals surface area contributed by atoms with Gasteiger partial charge >= 0.3 is 0 Å². The summed E-state index contributed by atoms with van der Waals surface area (Å²) in [4.78, 5) is 16.2. The van der Waals surface area contributed by atoms with Crippen molar-refractivity contribution in [3.63, 3.8) is 0 Å². The van der Waals surface area contributed by atoms with Gasteiger partial charge in [0.1, 0.15) is 0 Å². The molecule has 5 heteroatoms. The molecule has 3 N–H and O–H groups in total. The van der Waals surface area contributed by atoms with Crippen LogP contribution >= 0.6 is 0 Å². The smallest absolute Gasteiger partial charge is 0.240 e. The maximum atomic E-state index is 12.2. The molecule has 0 spiro atoms. The summed E-state index contributed by atoms with van der Waals surface area (Å²) in [6, 6.07) is 0. The molecule has 1 heterocycles. The second kappa shape index (κ2) is 6.19. The highest BCUT2D eigenvalue weighted by molar-refractivity contribution is 5.86. The van der Waals surface area contributed by atoms with Gasteiger partial charge in [-0.3, -0.25) is 4.79 Å². The molecule has 0 aliphatic heterocycles. The Bertz CT molecular complexity index is 404. The van der Waals surface area contributed by atoms with Crippen LogP contribution in [-0.2, 0) is 11.3 Å². The van der Waals surface area contributed by atoms with Crippen LogP contribution in [0.4, 0.5) is 0 Å². The molecule has 1 aromatic rings. The molecule has 0 aromatic carbocycles. The van der Waals surface area contributed by atoms with E-state index < -0.39 is 5.54 Å². The van der Waals surface area contributed by atoms with E-state index in [1.807, 2.05) is 10.8 Å². The van der Waals surface area contributed by atoms with Crippen LogP contribution in [0.25, 0.3) is 0 Å². The van der Waals surface area contributed by atoms with Crippen molar-refractivity contribution in [3.8, 4) is 0 Å². The zero-order valence-corrected chi connectivity index (χ0v) is 11.6. The highest BCUT2D eigenvalue weighted by Gasteiger charge is 2.37. The minimum Gasteiger partial charge on any atom is -0.354 e. The van der Waals surface area contributed by atoms with E-state index in [0.717, 1.165) is 32.2 Å². The maximum Gasteiger partial charge on any atom is 0.240 e. The van der Waals surface area contributed by atoms with Crippen molar-refractivity contribution in [2.75, 3.05) is 6.54 Å². The van der Waals surface area contributed by atoms with Crippen molar-refractivity contribution < 1.29 is 4.79 Å². The monoisotopic (exact) mass is 264 g/mol. The highest BCUT2D eigenvalue weighted by Crippen LogP contribution is 2.30. The SMILES string of the molecule is CC1CCCC(N)(C(=O)NCCCn2ccnc2)C1. The van der Waals surface area contributed by atoms with Gasteiger partial charge in [-0.1, -0.05) is 19.8 Å². The molecular weight excluding hydrogens is 240 g/mol. The van der Waals surface area contributed by atoms with Gasteiger partial charge in [0.2, 0.25) is 5.91 Å². The van der Waals surface area contributed by atoms with Gasteiger partial charge in [-0.15, -0.1) is 0 Å². The van der Waals surface area contributed by atoms with Crippen LogP contribution in [0, 0.1) is 5.92 Å². The van der Waals surface area contributed by atoms with Gasteiger partial charge in [-0.25, -0.2) is 4.98 Å². The number of rotatable bonds is 5. The van der Waals surface area contributed by atoms with Crippen LogP contribution in [0.2, 0.25) is 0 Å². The first-order chi connectivity index (χ1) is 9.10. The Morgan fingerprint density at radius 2 is 2.47 bits per heavy atom. The fraction of sp³-hybridized carbons (Fsp3) is 0.714. The van der Waals surface area contributed by atoms with Crippen LogP contribution in [0.15, 0.2) is 18.7 Å². The molecule has 5 nitrogen and oxygen atoms in total. The van der Waals surface area contributed by atoms with Crippen molar-refractivity contribution >= 4 is 5.91 Å². The average Bonchev–Trinajstić information content (AvgIpc) is 2.87. The third-order valence-electron chi connectivity index (χ3n) is 3.92. The molecule has 0 radical (unpaired) electrons. The van der Waals surface area contributed by atoms with Gasteiger partial charge in [0.25, 0.3) is 0 Å². The largest absolute Gasteiger partial charge is 0.354 e. The highest BCUT2D eigenvalue weighted by atomic mass is 16.2. The lowest BCUT2D eigenvalue weighted by Crippen LogP contribution is -2.56. The molecule has 1 fully saturated rings. The van der Waals surface area contributed by atoms with Gasteiger partial charge in [-0.2, -0.15) is 0 Å². The number of nitrogens with two attached hydrogens (primary N) is 1. The lowest BCUT2D eigenvalue weighted by atomic mass is 9.76. The molecule has 2 atom stereocenters. The van der Waals surface area contributed by atoms with Crippen LogP contribution in [-0.4, -0.2) is 27.5 Å². The number of imidazole rings is 1. The molecule has 1 aliphatic rings. The maximum absolute atomic E-state index is 12.2. The Balaban J connectivity index is 1.71. The van der Waals surface area contributed by atoms with Gasteiger partial charge in [0, 0.05) is 25.5 Å². The Labute approximate surface area is 114 Å². The lowest BCUT2D eigenvalue weighted by molar-refractivity contribution is -0.128. The Morgan fingerprint density at radius 1 is 1.63 bits per heavy atom. The lowest BCUT2D eigenvalue weighted by Gasteiger charge is -2.35. The van der Waals surface area contributed by atoms with Crippen LogP contribution in [0.3, 0.4) is 0 Å². The first-order valence-corrected chi connectivity index (χ1v) is 7.13. The molecule has 2 unspecified atom stereocenters. The summed E-state index contributed by atoms with van der Waals surface area (Å²) in [5.74, 6) is 0.570. The van der Waals surface area contributed by atoms with Crippen molar-refractivity contribution in [1.29, 1.82) is 0 Å². The fourth-order valence-electron chi connectivity index (χ4n) is 2.86. The Morgan fingerprint density at radius 3 is 3.16 bits per heavy atom. The minimum absolute atomic E-state index is 0.0182. The van der Waals surface area contributed by atoms with Gasteiger partial charge in [0.15, 0.2) is 0 Å². The predicted molar refractivity (Wildman–Crippen MR) is 74.4 cm³/mol. The molecule has 1 aliphatic carbocycles. The zero-order valence-electron chi connectivity index (χ0n) is 11.6. The predicted octanol–water partition coefficient (Wildman–Crippen LogP) is 1.30. The van der Waals surface area contributed by atoms with E-state index in [9.17, 15) is 4.79 Å². The first-order valence-electron chi connectivity index (χ1n) is 7.13. The van der Waals surface area contributed by atoms with Gasteiger partial charge < -0.3 is 15.6 Å². The Hall–Kier alpha value is -1.36. The first kappa shape index (κ1) is 14.1. The van der Waals surface area contributed by atoms with E-state index in [-0.39, 0.29) is 5.91 Å². The molecule has 19 heavy (non-hydrogen) atoms. The number of aryl methyl sites for hydroxylation is 1. The third-order valence-corrected chi connectivity index (χ3v) is 3.92. The molecule has 106 valence electrons. The molecule has 0 saturated heterocycles. The number of carbonyl (C=O) groups is 1. The van der Waals surface area contributed by atoms with E-state index in [1.54, 1.807) is 12.5 Å². The van der Waals surface area contributed by atoms with E-state index in [1.165, 1.54) is 6.42 Å². The second-order valence-electron chi connectivity index (χ2n) is 5.77. The third kappa shape index (κ3) is 3.80. The van der Waals surface area contributed by atoms with Crippen LogP contribution in [0.1, 0.15) is 39.0 Å². The number of hydrogen-bond donors (Lipinski definition) is 2. The summed E-state index contributed by atoms with van der Waals surface area (Å²) in [6.07, 6.45) is 10.2. The van der Waals surface area contributed by atoms with Crippen molar-refractivity contribution in [1.82, 2.24) is 14.9 Å². The quantitative estimate of drug-likeness (QED) is 0.787. The summed E-state index contributed by atoms with van der Waals surface area (Å²) in [5, 5.41) is 2.98.